The van der Waals surface area contributed by atoms with E-state index in [0.717, 1.165) is 30.0 Å². The van der Waals surface area contributed by atoms with Crippen LogP contribution in [-0.4, -0.2) is 31.3 Å². The molecule has 1 aliphatic rings. The molecular formula is C20H20N6OS. The van der Waals surface area contributed by atoms with Crippen LogP contribution < -0.4 is 10.9 Å². The van der Waals surface area contributed by atoms with Crippen molar-refractivity contribution in [3.05, 3.63) is 62.5 Å². The van der Waals surface area contributed by atoms with Crippen LogP contribution in [0.1, 0.15) is 28.4 Å². The van der Waals surface area contributed by atoms with E-state index in [1.807, 2.05) is 41.7 Å². The Kier molecular flexibility index (Phi) is 4.40. The number of aromatic amines is 1. The zero-order valence-electron chi connectivity index (χ0n) is 15.3. The van der Waals surface area contributed by atoms with Crippen molar-refractivity contribution < 1.29 is 0 Å². The van der Waals surface area contributed by atoms with E-state index in [1.54, 1.807) is 10.9 Å². The molecule has 0 amide bonds. The molecule has 2 N–H and O–H groups in total. The lowest BCUT2D eigenvalue weighted by Gasteiger charge is -2.06. The number of para-hydroxylation sites is 1. The van der Waals surface area contributed by atoms with Crippen molar-refractivity contribution in [2.45, 2.75) is 32.1 Å². The van der Waals surface area contributed by atoms with Crippen molar-refractivity contribution in [3.63, 3.8) is 0 Å². The van der Waals surface area contributed by atoms with Gasteiger partial charge < -0.3 is 5.32 Å². The Bertz CT molecular complexity index is 1150. The maximum atomic E-state index is 12.4. The zero-order chi connectivity index (χ0) is 18.9. The second-order valence-corrected chi connectivity index (χ2v) is 8.07. The topological polar surface area (TPSA) is 88.5 Å². The Hall–Kier alpha value is -3.00. The van der Waals surface area contributed by atoms with Gasteiger partial charge in [0.2, 0.25) is 5.95 Å². The second kappa shape index (κ2) is 7.20. The summed E-state index contributed by atoms with van der Waals surface area (Å²) in [5.74, 6) is 0.455. The number of aromatic nitrogens is 5. The third kappa shape index (κ3) is 3.20. The van der Waals surface area contributed by atoms with Crippen LogP contribution in [0.3, 0.4) is 0 Å². The molecule has 0 saturated heterocycles. The lowest BCUT2D eigenvalue weighted by molar-refractivity contribution is 0.680. The Labute approximate surface area is 165 Å². The van der Waals surface area contributed by atoms with E-state index in [1.165, 1.54) is 23.4 Å². The molecule has 3 heterocycles. The summed E-state index contributed by atoms with van der Waals surface area (Å²) in [7, 11) is 0. The van der Waals surface area contributed by atoms with Crippen molar-refractivity contribution in [1.82, 2.24) is 24.7 Å². The van der Waals surface area contributed by atoms with E-state index in [4.69, 9.17) is 4.98 Å². The lowest BCUT2D eigenvalue weighted by atomic mass is 10.0. The van der Waals surface area contributed by atoms with Crippen molar-refractivity contribution in [2.24, 2.45) is 0 Å². The molecule has 0 unspecified atom stereocenters. The Morgan fingerprint density at radius 1 is 1.14 bits per heavy atom. The molecule has 1 aliphatic carbocycles. The molecule has 1 aromatic carbocycles. The number of benzene rings is 1. The average molecular weight is 392 g/mol. The van der Waals surface area contributed by atoms with Crippen LogP contribution in [-0.2, 0) is 19.3 Å². The van der Waals surface area contributed by atoms with Crippen molar-refractivity contribution in [3.8, 4) is 5.69 Å². The number of fused-ring (bicyclic) bond motifs is 2. The molecule has 8 heteroatoms. The van der Waals surface area contributed by atoms with Gasteiger partial charge in [-0.3, -0.25) is 9.78 Å². The largest absolute Gasteiger partial charge is 0.355 e. The van der Waals surface area contributed by atoms with Gasteiger partial charge in [-0.2, -0.15) is 10.1 Å². The second-order valence-electron chi connectivity index (χ2n) is 6.91. The minimum Gasteiger partial charge on any atom is -0.355 e. The molecule has 4 aromatic rings. The SMILES string of the molecule is O=c1[nH]c(NCCc2nc3c(s2)CCCC3)nc2c1cnn2-c1ccccc1. The van der Waals surface area contributed by atoms with Crippen LogP contribution in [0.25, 0.3) is 16.7 Å². The first-order chi connectivity index (χ1) is 13.8. The standard InChI is InChI=1S/C20H20N6OS/c27-19-14-12-22-26(13-6-2-1-3-7-13)18(14)24-20(25-19)21-11-10-17-23-15-8-4-5-9-16(15)28-17/h1-3,6-7,12H,4-5,8-11H2,(H2,21,24,25,27). The monoisotopic (exact) mass is 392 g/mol. The van der Waals surface area contributed by atoms with Gasteiger partial charge in [0.15, 0.2) is 5.65 Å². The van der Waals surface area contributed by atoms with E-state index in [2.05, 4.69) is 20.4 Å². The predicted molar refractivity (Wildman–Crippen MR) is 110 cm³/mol. The molecule has 28 heavy (non-hydrogen) atoms. The van der Waals surface area contributed by atoms with Gasteiger partial charge >= 0.3 is 0 Å². The maximum absolute atomic E-state index is 12.4. The number of rotatable bonds is 5. The van der Waals surface area contributed by atoms with Crippen molar-refractivity contribution >= 4 is 28.3 Å². The fourth-order valence-electron chi connectivity index (χ4n) is 3.56. The summed E-state index contributed by atoms with van der Waals surface area (Å²) >= 11 is 1.82. The number of thiazole rings is 1. The van der Waals surface area contributed by atoms with Gasteiger partial charge in [-0.15, -0.1) is 11.3 Å². The van der Waals surface area contributed by atoms with E-state index in [9.17, 15) is 4.79 Å². The lowest BCUT2D eigenvalue weighted by Crippen LogP contribution is -2.15. The van der Waals surface area contributed by atoms with Gasteiger partial charge in [0, 0.05) is 17.8 Å². The highest BCUT2D eigenvalue weighted by molar-refractivity contribution is 7.11. The molecule has 142 valence electrons. The highest BCUT2D eigenvalue weighted by Gasteiger charge is 2.15. The third-order valence-electron chi connectivity index (χ3n) is 4.96. The summed E-state index contributed by atoms with van der Waals surface area (Å²) in [6.07, 6.45) is 7.15. The number of H-pyrrole nitrogens is 1. The molecule has 3 aromatic heterocycles. The molecule has 0 aliphatic heterocycles. The van der Waals surface area contributed by atoms with Crippen LogP contribution in [0.4, 0.5) is 5.95 Å². The summed E-state index contributed by atoms with van der Waals surface area (Å²) in [5, 5.41) is 9.19. The van der Waals surface area contributed by atoms with Crippen molar-refractivity contribution in [2.75, 3.05) is 11.9 Å². The van der Waals surface area contributed by atoms with E-state index in [-0.39, 0.29) is 5.56 Å². The van der Waals surface area contributed by atoms with E-state index >= 15 is 0 Å². The molecule has 7 nitrogen and oxygen atoms in total. The predicted octanol–water partition coefficient (Wildman–Crippen LogP) is 3.10. The van der Waals surface area contributed by atoms with Gasteiger partial charge in [0.1, 0.15) is 5.39 Å². The van der Waals surface area contributed by atoms with Crippen LogP contribution in [0.2, 0.25) is 0 Å². The number of nitrogens with zero attached hydrogens (tertiary/aromatic N) is 4. The van der Waals surface area contributed by atoms with Gasteiger partial charge in [0.25, 0.3) is 5.56 Å². The Balaban J connectivity index is 1.36. The molecule has 0 fully saturated rings. The third-order valence-corrected chi connectivity index (χ3v) is 6.18. The molecule has 0 atom stereocenters. The summed E-state index contributed by atoms with van der Waals surface area (Å²) < 4.78 is 1.69. The summed E-state index contributed by atoms with van der Waals surface area (Å²) in [5.41, 5.74) is 2.50. The molecular weight excluding hydrogens is 372 g/mol. The minimum absolute atomic E-state index is 0.195. The molecule has 0 spiro atoms. The van der Waals surface area contributed by atoms with E-state index < -0.39 is 0 Å². The maximum Gasteiger partial charge on any atom is 0.263 e. The summed E-state index contributed by atoms with van der Waals surface area (Å²) in [6, 6.07) is 9.68. The minimum atomic E-state index is -0.195. The quantitative estimate of drug-likeness (QED) is 0.545. The van der Waals surface area contributed by atoms with Gasteiger partial charge in [-0.1, -0.05) is 18.2 Å². The summed E-state index contributed by atoms with van der Waals surface area (Å²) in [6.45, 7) is 0.667. The van der Waals surface area contributed by atoms with Crippen LogP contribution in [0.15, 0.2) is 41.3 Å². The van der Waals surface area contributed by atoms with Gasteiger partial charge in [0.05, 0.1) is 22.6 Å². The smallest absolute Gasteiger partial charge is 0.263 e. The highest BCUT2D eigenvalue weighted by atomic mass is 32.1. The first-order valence-corrected chi connectivity index (χ1v) is 10.3. The first-order valence-electron chi connectivity index (χ1n) is 9.53. The zero-order valence-corrected chi connectivity index (χ0v) is 16.1. The number of nitrogens with one attached hydrogen (secondary N) is 2. The number of anilines is 1. The Morgan fingerprint density at radius 2 is 2.00 bits per heavy atom. The van der Waals surface area contributed by atoms with E-state index in [0.29, 0.717) is 23.5 Å². The number of hydrogen-bond donors (Lipinski definition) is 2. The molecule has 0 bridgehead atoms. The molecule has 5 rings (SSSR count). The van der Waals surface area contributed by atoms with Crippen LogP contribution in [0, 0.1) is 0 Å². The molecule has 0 radical (unpaired) electrons. The number of hydrogen-bond acceptors (Lipinski definition) is 6. The van der Waals surface area contributed by atoms with Crippen LogP contribution in [0.5, 0.6) is 0 Å². The number of aryl methyl sites for hydroxylation is 2. The highest BCUT2D eigenvalue weighted by Crippen LogP contribution is 2.26. The summed E-state index contributed by atoms with van der Waals surface area (Å²) in [4.78, 5) is 26.0. The normalized spacial score (nSPS) is 13.6. The fourth-order valence-corrected chi connectivity index (χ4v) is 4.72. The average Bonchev–Trinajstić information content (AvgIpc) is 3.32. The Morgan fingerprint density at radius 3 is 2.86 bits per heavy atom. The van der Waals surface area contributed by atoms with Crippen LogP contribution >= 0.6 is 11.3 Å². The fraction of sp³-hybridized carbons (Fsp3) is 0.300. The van der Waals surface area contributed by atoms with Gasteiger partial charge in [-0.05, 0) is 37.8 Å². The van der Waals surface area contributed by atoms with Gasteiger partial charge in [-0.25, -0.2) is 9.67 Å². The molecule has 0 saturated carbocycles. The first kappa shape index (κ1) is 17.1. The van der Waals surface area contributed by atoms with Crippen molar-refractivity contribution in [1.29, 1.82) is 0 Å².